The number of ether oxygens (including phenoxy) is 1. The fourth-order valence-corrected chi connectivity index (χ4v) is 3.00. The topological polar surface area (TPSA) is 71.6 Å². The Morgan fingerprint density at radius 1 is 1.17 bits per heavy atom. The molecule has 0 amide bonds. The van der Waals surface area contributed by atoms with Crippen molar-refractivity contribution in [2.75, 3.05) is 13.7 Å². The van der Waals surface area contributed by atoms with Gasteiger partial charge in [-0.05, 0) is 55.1 Å². The summed E-state index contributed by atoms with van der Waals surface area (Å²) in [7, 11) is 1.61. The van der Waals surface area contributed by atoms with Gasteiger partial charge in [0.1, 0.15) is 6.61 Å². The van der Waals surface area contributed by atoms with E-state index >= 15 is 0 Å². The van der Waals surface area contributed by atoms with E-state index in [1.807, 2.05) is 6.92 Å². The predicted octanol–water partition coefficient (Wildman–Crippen LogP) is 2.66. The molecule has 1 N–H and O–H groups in total. The minimum Gasteiger partial charge on any atom is -0.392 e. The number of aryl methyl sites for hydroxylation is 2. The Morgan fingerprint density at radius 2 is 1.88 bits per heavy atom. The van der Waals surface area contributed by atoms with Crippen LogP contribution in [0, 0.1) is 20.8 Å². The Morgan fingerprint density at radius 3 is 2.50 bits per heavy atom. The largest absolute Gasteiger partial charge is 0.392 e. The number of methoxy groups -OCH3 is 1. The van der Waals surface area contributed by atoms with E-state index in [2.05, 4.69) is 41.9 Å². The summed E-state index contributed by atoms with van der Waals surface area (Å²) in [6.45, 7) is 11.0. The van der Waals surface area contributed by atoms with Crippen molar-refractivity contribution in [1.29, 1.82) is 0 Å². The predicted molar refractivity (Wildman–Crippen MR) is 91.4 cm³/mol. The van der Waals surface area contributed by atoms with E-state index in [0.29, 0.717) is 24.9 Å². The van der Waals surface area contributed by atoms with E-state index in [1.54, 1.807) is 7.11 Å². The van der Waals surface area contributed by atoms with E-state index < -0.39 is 0 Å². The zero-order chi connectivity index (χ0) is 17.7. The van der Waals surface area contributed by atoms with Gasteiger partial charge < -0.3 is 14.4 Å². The van der Waals surface area contributed by atoms with Crippen LogP contribution in [0.2, 0.25) is 0 Å². The summed E-state index contributed by atoms with van der Waals surface area (Å²) in [5.41, 5.74) is 5.82. The molecule has 0 saturated heterocycles. The van der Waals surface area contributed by atoms with Crippen LogP contribution in [0.4, 0.5) is 0 Å². The summed E-state index contributed by atoms with van der Waals surface area (Å²) in [5, 5.41) is 13.5. The van der Waals surface area contributed by atoms with Gasteiger partial charge in [0.05, 0.1) is 13.2 Å². The first kappa shape index (κ1) is 18.6. The quantitative estimate of drug-likeness (QED) is 0.801. The maximum absolute atomic E-state index is 9.64. The van der Waals surface area contributed by atoms with Crippen molar-refractivity contribution < 1.29 is 14.4 Å². The third kappa shape index (κ3) is 4.20. The summed E-state index contributed by atoms with van der Waals surface area (Å²) in [5.74, 6) is 1.16. The highest BCUT2D eigenvalue weighted by Crippen LogP contribution is 2.24. The van der Waals surface area contributed by atoms with E-state index in [0.717, 1.165) is 24.2 Å². The second-order valence-corrected chi connectivity index (χ2v) is 6.09. The fraction of sp³-hybridized carbons (Fsp3) is 0.556. The molecular formula is C18H27N3O3. The summed E-state index contributed by atoms with van der Waals surface area (Å²) in [6, 6.07) is 2.14. The van der Waals surface area contributed by atoms with Gasteiger partial charge in [-0.3, -0.25) is 4.90 Å². The Balaban J connectivity index is 2.18. The number of nitrogens with zero attached hydrogens (tertiary/aromatic N) is 3. The normalized spacial score (nSPS) is 11.5. The second kappa shape index (κ2) is 8.37. The molecule has 132 valence electrons. The molecule has 0 radical (unpaired) electrons. The number of aromatic nitrogens is 2. The van der Waals surface area contributed by atoms with E-state index in [9.17, 15) is 5.11 Å². The van der Waals surface area contributed by atoms with Gasteiger partial charge in [0.15, 0.2) is 5.82 Å². The van der Waals surface area contributed by atoms with Crippen LogP contribution >= 0.6 is 0 Å². The van der Waals surface area contributed by atoms with Gasteiger partial charge in [-0.15, -0.1) is 0 Å². The van der Waals surface area contributed by atoms with Gasteiger partial charge >= 0.3 is 0 Å². The molecule has 1 heterocycles. The van der Waals surface area contributed by atoms with Crippen LogP contribution in [0.1, 0.15) is 46.5 Å². The first-order chi connectivity index (χ1) is 11.5. The molecular weight excluding hydrogens is 306 g/mol. The lowest BCUT2D eigenvalue weighted by molar-refractivity contribution is 0.174. The zero-order valence-electron chi connectivity index (χ0n) is 15.2. The Kier molecular flexibility index (Phi) is 6.48. The van der Waals surface area contributed by atoms with Gasteiger partial charge in [0.2, 0.25) is 5.89 Å². The summed E-state index contributed by atoms with van der Waals surface area (Å²) >= 11 is 0. The third-order valence-electron chi connectivity index (χ3n) is 4.42. The molecule has 0 bridgehead atoms. The highest BCUT2D eigenvalue weighted by molar-refractivity contribution is 5.44. The molecule has 1 aromatic carbocycles. The molecule has 2 rings (SSSR count). The maximum Gasteiger partial charge on any atom is 0.240 e. The van der Waals surface area contributed by atoms with E-state index in [4.69, 9.17) is 9.26 Å². The Hall–Kier alpha value is -1.76. The molecule has 0 aliphatic carbocycles. The van der Waals surface area contributed by atoms with Crippen molar-refractivity contribution in [3.05, 3.63) is 45.6 Å². The van der Waals surface area contributed by atoms with E-state index in [-0.39, 0.29) is 6.61 Å². The lowest BCUT2D eigenvalue weighted by atomic mass is 9.93. The molecule has 2 aromatic rings. The maximum atomic E-state index is 9.64. The molecule has 6 nitrogen and oxygen atoms in total. The average Bonchev–Trinajstić information content (AvgIpc) is 2.98. The van der Waals surface area contributed by atoms with Crippen molar-refractivity contribution in [3.63, 3.8) is 0 Å². The molecule has 0 aliphatic rings. The van der Waals surface area contributed by atoms with Crippen LogP contribution in [0.5, 0.6) is 0 Å². The van der Waals surface area contributed by atoms with Crippen molar-refractivity contribution in [1.82, 2.24) is 15.0 Å². The van der Waals surface area contributed by atoms with E-state index in [1.165, 1.54) is 16.7 Å². The molecule has 0 spiro atoms. The SMILES string of the molecule is CCN(Cc1nc(COC)no1)Cc1c(C)cc(C)c(CO)c1C. The summed E-state index contributed by atoms with van der Waals surface area (Å²) in [4.78, 5) is 6.58. The van der Waals surface area contributed by atoms with Crippen LogP contribution in [-0.2, 0) is 31.0 Å². The minimum atomic E-state index is 0.0705. The van der Waals surface area contributed by atoms with Crippen LogP contribution < -0.4 is 0 Å². The molecule has 6 heteroatoms. The highest BCUT2D eigenvalue weighted by Gasteiger charge is 2.16. The first-order valence-electron chi connectivity index (χ1n) is 8.22. The molecule has 24 heavy (non-hydrogen) atoms. The van der Waals surface area contributed by atoms with Crippen LogP contribution in [0.3, 0.4) is 0 Å². The molecule has 0 aliphatic heterocycles. The fourth-order valence-electron chi connectivity index (χ4n) is 3.00. The van der Waals surface area contributed by atoms with Gasteiger partial charge in [-0.1, -0.05) is 18.1 Å². The number of benzene rings is 1. The molecule has 0 atom stereocenters. The molecule has 0 unspecified atom stereocenters. The second-order valence-electron chi connectivity index (χ2n) is 6.09. The number of aliphatic hydroxyl groups excluding tert-OH is 1. The first-order valence-corrected chi connectivity index (χ1v) is 8.22. The van der Waals surface area contributed by atoms with Crippen molar-refractivity contribution in [2.24, 2.45) is 0 Å². The minimum absolute atomic E-state index is 0.0705. The summed E-state index contributed by atoms with van der Waals surface area (Å²) in [6.07, 6.45) is 0. The van der Waals surface area contributed by atoms with Crippen LogP contribution in [0.25, 0.3) is 0 Å². The standard InChI is InChI=1S/C18H27N3O3/c1-6-21(9-18-19-17(11-23-5)20-24-18)8-15-12(2)7-13(3)16(10-22)14(15)4/h7,22H,6,8-11H2,1-5H3. The Labute approximate surface area is 143 Å². The highest BCUT2D eigenvalue weighted by atomic mass is 16.5. The number of aliphatic hydroxyl groups is 1. The van der Waals surface area contributed by atoms with Crippen molar-refractivity contribution in [2.45, 2.75) is 54.0 Å². The van der Waals surface area contributed by atoms with Gasteiger partial charge in [0.25, 0.3) is 0 Å². The third-order valence-corrected chi connectivity index (χ3v) is 4.42. The van der Waals surface area contributed by atoms with Crippen molar-refractivity contribution in [3.8, 4) is 0 Å². The van der Waals surface area contributed by atoms with Gasteiger partial charge in [0, 0.05) is 13.7 Å². The van der Waals surface area contributed by atoms with Gasteiger partial charge in [-0.2, -0.15) is 4.98 Å². The molecule has 0 saturated carbocycles. The summed E-state index contributed by atoms with van der Waals surface area (Å²) < 4.78 is 10.3. The van der Waals surface area contributed by atoms with Gasteiger partial charge in [-0.25, -0.2) is 0 Å². The smallest absolute Gasteiger partial charge is 0.240 e. The average molecular weight is 333 g/mol. The van der Waals surface area contributed by atoms with Crippen LogP contribution in [-0.4, -0.2) is 33.8 Å². The molecule has 0 fully saturated rings. The Bertz CT molecular complexity index is 682. The lowest BCUT2D eigenvalue weighted by Crippen LogP contribution is -2.24. The van der Waals surface area contributed by atoms with Crippen LogP contribution in [0.15, 0.2) is 10.6 Å². The lowest BCUT2D eigenvalue weighted by Gasteiger charge is -2.23. The zero-order valence-corrected chi connectivity index (χ0v) is 15.2. The number of rotatable bonds is 8. The molecule has 1 aromatic heterocycles. The monoisotopic (exact) mass is 333 g/mol. The van der Waals surface area contributed by atoms with Crippen molar-refractivity contribution >= 4 is 0 Å². The number of hydrogen-bond acceptors (Lipinski definition) is 6. The number of hydrogen-bond donors (Lipinski definition) is 1.